The largest absolute Gasteiger partial charge is 0.478 e. The Morgan fingerprint density at radius 3 is 2.40 bits per heavy atom. The molecule has 0 fully saturated rings. The Morgan fingerprint density at radius 1 is 1.33 bits per heavy atom. The van der Waals surface area contributed by atoms with Crippen molar-refractivity contribution in [3.8, 4) is 0 Å². The number of hydrogen-bond acceptors (Lipinski definition) is 2. The zero-order chi connectivity index (χ0) is 11.7. The highest BCUT2D eigenvalue weighted by Gasteiger charge is 2.05. The van der Waals surface area contributed by atoms with E-state index in [1.54, 1.807) is 0 Å². The molecular formula is C12H23NO2. The number of carboxylic acid groups (broad SMARTS) is 1. The van der Waals surface area contributed by atoms with Crippen LogP contribution in [0.3, 0.4) is 0 Å². The quantitative estimate of drug-likeness (QED) is 0.630. The average Bonchev–Trinajstić information content (AvgIpc) is 2.23. The van der Waals surface area contributed by atoms with Gasteiger partial charge in [-0.2, -0.15) is 0 Å². The molecule has 3 nitrogen and oxygen atoms in total. The molecule has 0 aromatic rings. The van der Waals surface area contributed by atoms with Crippen molar-refractivity contribution in [1.29, 1.82) is 0 Å². The molecular weight excluding hydrogens is 190 g/mol. The van der Waals surface area contributed by atoms with Crippen molar-refractivity contribution in [2.24, 2.45) is 0 Å². The minimum Gasteiger partial charge on any atom is -0.478 e. The van der Waals surface area contributed by atoms with Crippen LogP contribution in [0.1, 0.15) is 40.0 Å². The molecule has 1 N–H and O–H groups in total. The number of rotatable bonds is 8. The third-order valence-electron chi connectivity index (χ3n) is 2.53. The number of carboxylic acids is 1. The molecule has 3 heteroatoms. The Bertz CT molecular complexity index is 212. The van der Waals surface area contributed by atoms with Crippen LogP contribution in [0.5, 0.6) is 0 Å². The van der Waals surface area contributed by atoms with Crippen LogP contribution < -0.4 is 0 Å². The first-order chi connectivity index (χ1) is 7.15. The van der Waals surface area contributed by atoms with Crippen molar-refractivity contribution < 1.29 is 9.90 Å². The van der Waals surface area contributed by atoms with E-state index in [2.05, 4.69) is 18.7 Å². The minimum atomic E-state index is -0.788. The number of likely N-dealkylation sites (N-methyl/N-ethyl adjacent to an activating group) is 1. The Kier molecular flexibility index (Phi) is 8.01. The van der Waals surface area contributed by atoms with Crippen molar-refractivity contribution in [3.05, 3.63) is 11.6 Å². The first kappa shape index (κ1) is 14.2. The molecule has 0 atom stereocenters. The lowest BCUT2D eigenvalue weighted by Gasteiger charge is -2.18. The SMILES string of the molecule is CCCCN(CC)CC=C(CC)C(=O)O. The lowest BCUT2D eigenvalue weighted by molar-refractivity contribution is -0.132. The van der Waals surface area contributed by atoms with Crippen LogP contribution >= 0.6 is 0 Å². The van der Waals surface area contributed by atoms with Crippen LogP contribution in [-0.2, 0) is 4.79 Å². The Hall–Kier alpha value is -0.830. The number of nitrogens with zero attached hydrogens (tertiary/aromatic N) is 1. The van der Waals surface area contributed by atoms with E-state index in [0.29, 0.717) is 12.0 Å². The molecule has 0 bridgehead atoms. The molecule has 0 heterocycles. The lowest BCUT2D eigenvalue weighted by atomic mass is 10.2. The summed E-state index contributed by atoms with van der Waals surface area (Å²) in [4.78, 5) is 13.0. The molecule has 0 saturated carbocycles. The minimum absolute atomic E-state index is 0.518. The third-order valence-corrected chi connectivity index (χ3v) is 2.53. The fourth-order valence-electron chi connectivity index (χ4n) is 1.38. The molecule has 0 saturated heterocycles. The second-order valence-electron chi connectivity index (χ2n) is 3.63. The molecule has 0 aliphatic rings. The second kappa shape index (κ2) is 8.48. The van der Waals surface area contributed by atoms with Gasteiger partial charge in [0.2, 0.25) is 0 Å². The zero-order valence-corrected chi connectivity index (χ0v) is 10.1. The first-order valence-corrected chi connectivity index (χ1v) is 5.80. The predicted molar refractivity (Wildman–Crippen MR) is 63.0 cm³/mol. The topological polar surface area (TPSA) is 40.5 Å². The maximum absolute atomic E-state index is 10.8. The zero-order valence-electron chi connectivity index (χ0n) is 10.1. The number of carbonyl (C=O) groups is 1. The van der Waals surface area contributed by atoms with E-state index < -0.39 is 5.97 Å². The van der Waals surface area contributed by atoms with Gasteiger partial charge in [-0.1, -0.05) is 33.3 Å². The summed E-state index contributed by atoms with van der Waals surface area (Å²) in [5, 5.41) is 8.85. The summed E-state index contributed by atoms with van der Waals surface area (Å²) in [6.07, 6.45) is 4.79. The van der Waals surface area contributed by atoms with Gasteiger partial charge >= 0.3 is 5.97 Å². The van der Waals surface area contributed by atoms with Gasteiger partial charge in [-0.05, 0) is 25.9 Å². The first-order valence-electron chi connectivity index (χ1n) is 5.80. The predicted octanol–water partition coefficient (Wildman–Crippen LogP) is 2.53. The molecule has 0 amide bonds. The maximum atomic E-state index is 10.8. The smallest absolute Gasteiger partial charge is 0.331 e. The van der Waals surface area contributed by atoms with Gasteiger partial charge in [0.25, 0.3) is 0 Å². The maximum Gasteiger partial charge on any atom is 0.331 e. The van der Waals surface area contributed by atoms with E-state index in [1.807, 2.05) is 13.0 Å². The molecule has 0 aromatic carbocycles. The third kappa shape index (κ3) is 6.28. The van der Waals surface area contributed by atoms with Crippen LogP contribution in [0.15, 0.2) is 11.6 Å². The van der Waals surface area contributed by atoms with Gasteiger partial charge in [-0.3, -0.25) is 4.90 Å². The van der Waals surface area contributed by atoms with Crippen LogP contribution in [-0.4, -0.2) is 35.6 Å². The standard InChI is InChI=1S/C12H23NO2/c1-4-7-9-13(6-3)10-8-11(5-2)12(14)15/h8H,4-7,9-10H2,1-3H3,(H,14,15). The van der Waals surface area contributed by atoms with Crippen LogP contribution in [0.4, 0.5) is 0 Å². The fraction of sp³-hybridized carbons (Fsp3) is 0.750. The fourth-order valence-corrected chi connectivity index (χ4v) is 1.38. The number of unbranched alkanes of at least 4 members (excludes halogenated alkanes) is 1. The van der Waals surface area contributed by atoms with Gasteiger partial charge in [-0.15, -0.1) is 0 Å². The average molecular weight is 213 g/mol. The highest BCUT2D eigenvalue weighted by atomic mass is 16.4. The lowest BCUT2D eigenvalue weighted by Crippen LogP contribution is -2.25. The number of hydrogen-bond donors (Lipinski definition) is 1. The summed E-state index contributed by atoms with van der Waals surface area (Å²) in [6, 6.07) is 0. The van der Waals surface area contributed by atoms with E-state index in [9.17, 15) is 4.79 Å². The molecule has 0 unspecified atom stereocenters. The monoisotopic (exact) mass is 213 g/mol. The van der Waals surface area contributed by atoms with Crippen LogP contribution in [0, 0.1) is 0 Å². The van der Waals surface area contributed by atoms with Crippen molar-refractivity contribution in [1.82, 2.24) is 4.90 Å². The summed E-state index contributed by atoms with van der Waals surface area (Å²) < 4.78 is 0. The highest BCUT2D eigenvalue weighted by molar-refractivity contribution is 5.86. The van der Waals surface area contributed by atoms with E-state index in [1.165, 1.54) is 12.8 Å². The van der Waals surface area contributed by atoms with Gasteiger partial charge in [0.15, 0.2) is 0 Å². The van der Waals surface area contributed by atoms with Gasteiger partial charge in [0, 0.05) is 12.1 Å². The van der Waals surface area contributed by atoms with Crippen molar-refractivity contribution in [2.75, 3.05) is 19.6 Å². The number of aliphatic carboxylic acids is 1. The van der Waals surface area contributed by atoms with E-state index in [-0.39, 0.29) is 0 Å². The Balaban J connectivity index is 4.10. The molecule has 0 radical (unpaired) electrons. The summed E-state index contributed by atoms with van der Waals surface area (Å²) in [5.41, 5.74) is 0.518. The van der Waals surface area contributed by atoms with Crippen molar-refractivity contribution in [3.63, 3.8) is 0 Å². The van der Waals surface area contributed by atoms with Crippen molar-refractivity contribution >= 4 is 5.97 Å². The Labute approximate surface area is 92.8 Å². The molecule has 0 rings (SSSR count). The van der Waals surface area contributed by atoms with E-state index in [0.717, 1.165) is 19.6 Å². The van der Waals surface area contributed by atoms with Crippen LogP contribution in [0.25, 0.3) is 0 Å². The molecule has 15 heavy (non-hydrogen) atoms. The molecule has 0 aliphatic heterocycles. The molecule has 88 valence electrons. The summed E-state index contributed by atoms with van der Waals surface area (Å²) in [7, 11) is 0. The van der Waals surface area contributed by atoms with Crippen LogP contribution in [0.2, 0.25) is 0 Å². The summed E-state index contributed by atoms with van der Waals surface area (Å²) in [6.45, 7) is 8.94. The summed E-state index contributed by atoms with van der Waals surface area (Å²) in [5.74, 6) is -0.788. The molecule has 0 spiro atoms. The molecule has 0 aromatic heterocycles. The van der Waals surface area contributed by atoms with E-state index >= 15 is 0 Å². The van der Waals surface area contributed by atoms with Gasteiger partial charge in [0.05, 0.1) is 0 Å². The van der Waals surface area contributed by atoms with Gasteiger partial charge in [0.1, 0.15) is 0 Å². The normalized spacial score (nSPS) is 12.1. The highest BCUT2D eigenvalue weighted by Crippen LogP contribution is 2.02. The Morgan fingerprint density at radius 2 is 2.00 bits per heavy atom. The molecule has 0 aliphatic carbocycles. The van der Waals surface area contributed by atoms with Crippen molar-refractivity contribution in [2.45, 2.75) is 40.0 Å². The van der Waals surface area contributed by atoms with Gasteiger partial charge < -0.3 is 5.11 Å². The van der Waals surface area contributed by atoms with E-state index in [4.69, 9.17) is 5.11 Å². The summed E-state index contributed by atoms with van der Waals surface area (Å²) >= 11 is 0. The van der Waals surface area contributed by atoms with Gasteiger partial charge in [-0.25, -0.2) is 4.79 Å². The second-order valence-corrected chi connectivity index (χ2v) is 3.63.